The molecule has 1 aromatic carbocycles. The Morgan fingerprint density at radius 3 is 3.13 bits per heavy atom. The fraction of sp³-hybridized carbons (Fsp3) is 0.412. The zero-order valence-corrected chi connectivity index (χ0v) is 14.3. The van der Waals surface area contributed by atoms with Crippen LogP contribution in [-0.4, -0.2) is 24.1 Å². The molecule has 0 spiro atoms. The van der Waals surface area contributed by atoms with Crippen molar-refractivity contribution in [2.24, 2.45) is 10.7 Å². The van der Waals surface area contributed by atoms with Gasteiger partial charge in [-0.3, -0.25) is 4.99 Å². The van der Waals surface area contributed by atoms with Crippen LogP contribution in [0.4, 0.5) is 0 Å². The van der Waals surface area contributed by atoms with Gasteiger partial charge in [-0.15, -0.1) is 11.3 Å². The first kappa shape index (κ1) is 15.8. The molecule has 1 aromatic heterocycles. The molecule has 3 N–H and O–H groups in total. The normalized spacial score (nSPS) is 18.9. The molecule has 2 atom stereocenters. The molecule has 0 aliphatic carbocycles. The SMILES string of the molecule is Cc1csc(C(C)CN=C(N)NC2CCOc3ccccc32)n1. The van der Waals surface area contributed by atoms with Gasteiger partial charge in [0, 0.05) is 29.0 Å². The Hall–Kier alpha value is -2.08. The molecule has 122 valence electrons. The molecular formula is C17H22N4OS. The number of thiazole rings is 1. The van der Waals surface area contributed by atoms with Gasteiger partial charge in [-0.05, 0) is 13.0 Å². The highest BCUT2D eigenvalue weighted by molar-refractivity contribution is 7.09. The maximum Gasteiger partial charge on any atom is 0.189 e. The Bertz CT molecular complexity index is 697. The molecule has 2 aromatic rings. The van der Waals surface area contributed by atoms with Crippen LogP contribution in [0.5, 0.6) is 5.75 Å². The monoisotopic (exact) mass is 330 g/mol. The highest BCUT2D eigenvalue weighted by Crippen LogP contribution is 2.31. The lowest BCUT2D eigenvalue weighted by molar-refractivity contribution is 0.262. The van der Waals surface area contributed by atoms with Crippen molar-refractivity contribution in [2.45, 2.75) is 32.2 Å². The summed E-state index contributed by atoms with van der Waals surface area (Å²) in [7, 11) is 0. The first-order valence-corrected chi connectivity index (χ1v) is 8.71. The molecule has 0 bridgehead atoms. The maximum atomic E-state index is 6.07. The minimum Gasteiger partial charge on any atom is -0.493 e. The van der Waals surface area contributed by atoms with E-state index in [2.05, 4.69) is 33.7 Å². The van der Waals surface area contributed by atoms with Crippen molar-refractivity contribution in [2.75, 3.05) is 13.2 Å². The van der Waals surface area contributed by atoms with Gasteiger partial charge in [0.15, 0.2) is 5.96 Å². The molecule has 6 heteroatoms. The molecule has 1 aliphatic heterocycles. The summed E-state index contributed by atoms with van der Waals surface area (Å²) >= 11 is 1.68. The maximum absolute atomic E-state index is 6.07. The number of guanidine groups is 1. The number of hydrogen-bond donors (Lipinski definition) is 2. The summed E-state index contributed by atoms with van der Waals surface area (Å²) in [5.41, 5.74) is 8.27. The first-order valence-electron chi connectivity index (χ1n) is 7.83. The second-order valence-corrected chi connectivity index (χ2v) is 6.72. The van der Waals surface area contributed by atoms with E-state index in [4.69, 9.17) is 10.5 Å². The van der Waals surface area contributed by atoms with Crippen LogP contribution >= 0.6 is 11.3 Å². The van der Waals surface area contributed by atoms with Gasteiger partial charge >= 0.3 is 0 Å². The summed E-state index contributed by atoms with van der Waals surface area (Å²) in [5, 5.41) is 6.49. The van der Waals surface area contributed by atoms with Gasteiger partial charge in [0.05, 0.1) is 24.2 Å². The van der Waals surface area contributed by atoms with Crippen molar-refractivity contribution in [3.05, 3.63) is 45.9 Å². The van der Waals surface area contributed by atoms with Crippen LogP contribution in [-0.2, 0) is 0 Å². The highest BCUT2D eigenvalue weighted by atomic mass is 32.1. The van der Waals surface area contributed by atoms with Crippen LogP contribution in [0.1, 0.15) is 41.6 Å². The highest BCUT2D eigenvalue weighted by Gasteiger charge is 2.21. The number of para-hydroxylation sites is 1. The number of benzene rings is 1. The summed E-state index contributed by atoms with van der Waals surface area (Å²) in [6.45, 7) is 5.46. The van der Waals surface area contributed by atoms with E-state index in [9.17, 15) is 0 Å². The molecule has 0 radical (unpaired) electrons. The molecule has 0 saturated carbocycles. The van der Waals surface area contributed by atoms with Gasteiger partial charge in [0.2, 0.25) is 0 Å². The number of rotatable bonds is 4. The Morgan fingerprint density at radius 1 is 1.52 bits per heavy atom. The molecule has 3 rings (SSSR count). The average Bonchev–Trinajstić information content (AvgIpc) is 2.99. The van der Waals surface area contributed by atoms with Gasteiger partial charge in [0.1, 0.15) is 5.75 Å². The van der Waals surface area contributed by atoms with Crippen molar-refractivity contribution in [3.63, 3.8) is 0 Å². The zero-order valence-electron chi connectivity index (χ0n) is 13.5. The molecule has 0 saturated heterocycles. The lowest BCUT2D eigenvalue weighted by Crippen LogP contribution is -2.37. The topological polar surface area (TPSA) is 72.5 Å². The van der Waals surface area contributed by atoms with Crippen LogP contribution in [0.25, 0.3) is 0 Å². The third kappa shape index (κ3) is 3.82. The molecule has 2 heterocycles. The van der Waals surface area contributed by atoms with Crippen LogP contribution in [0, 0.1) is 6.92 Å². The Kier molecular flexibility index (Phi) is 4.81. The standard InChI is InChI=1S/C17H22N4OS/c1-11(16-20-12(2)10-23-16)9-19-17(18)21-14-7-8-22-15-6-4-3-5-13(14)15/h3-6,10-11,14H,7-9H2,1-2H3,(H3,18,19,21). The lowest BCUT2D eigenvalue weighted by atomic mass is 10.0. The van der Waals surface area contributed by atoms with E-state index in [0.29, 0.717) is 19.1 Å². The Morgan fingerprint density at radius 2 is 2.35 bits per heavy atom. The van der Waals surface area contributed by atoms with Crippen molar-refractivity contribution in [1.29, 1.82) is 0 Å². The minimum atomic E-state index is 0.154. The number of aryl methyl sites for hydroxylation is 1. The van der Waals surface area contributed by atoms with Gasteiger partial charge in [-0.2, -0.15) is 0 Å². The van der Waals surface area contributed by atoms with Crippen LogP contribution in [0.2, 0.25) is 0 Å². The summed E-state index contributed by atoms with van der Waals surface area (Å²) in [6.07, 6.45) is 0.883. The zero-order chi connectivity index (χ0) is 16.2. The van der Waals surface area contributed by atoms with E-state index in [0.717, 1.165) is 28.4 Å². The first-order chi connectivity index (χ1) is 11.1. The number of ether oxygens (including phenoxy) is 1. The summed E-state index contributed by atoms with van der Waals surface area (Å²) < 4.78 is 5.67. The predicted octanol–water partition coefficient (Wildman–Crippen LogP) is 2.98. The molecular weight excluding hydrogens is 308 g/mol. The molecule has 2 unspecified atom stereocenters. The van der Waals surface area contributed by atoms with Crippen LogP contribution < -0.4 is 15.8 Å². The molecule has 1 aliphatic rings. The van der Waals surface area contributed by atoms with E-state index < -0.39 is 0 Å². The third-order valence-corrected chi connectivity index (χ3v) is 5.07. The predicted molar refractivity (Wildman–Crippen MR) is 94.2 cm³/mol. The number of aromatic nitrogens is 1. The van der Waals surface area contributed by atoms with Gasteiger partial charge in [-0.25, -0.2) is 4.98 Å². The summed E-state index contributed by atoms with van der Waals surface area (Å²) in [5.74, 6) is 1.68. The van der Waals surface area contributed by atoms with E-state index in [1.807, 2.05) is 25.1 Å². The van der Waals surface area contributed by atoms with Gasteiger partial charge in [-0.1, -0.05) is 25.1 Å². The number of aliphatic imine (C=N–C) groups is 1. The van der Waals surface area contributed by atoms with Crippen LogP contribution in [0.3, 0.4) is 0 Å². The van der Waals surface area contributed by atoms with Crippen molar-refractivity contribution in [1.82, 2.24) is 10.3 Å². The number of fused-ring (bicyclic) bond motifs is 1. The number of nitrogens with two attached hydrogens (primary N) is 1. The number of hydrogen-bond acceptors (Lipinski definition) is 4. The summed E-state index contributed by atoms with van der Waals surface area (Å²) in [4.78, 5) is 8.99. The third-order valence-electron chi connectivity index (χ3n) is 3.87. The summed E-state index contributed by atoms with van der Waals surface area (Å²) in [6, 6.07) is 8.21. The van der Waals surface area contributed by atoms with Gasteiger partial charge in [0.25, 0.3) is 0 Å². The van der Waals surface area contributed by atoms with Crippen molar-refractivity contribution in [3.8, 4) is 5.75 Å². The van der Waals surface area contributed by atoms with E-state index >= 15 is 0 Å². The second kappa shape index (κ2) is 7.00. The fourth-order valence-corrected chi connectivity index (χ4v) is 3.48. The van der Waals surface area contributed by atoms with E-state index in [1.165, 1.54) is 0 Å². The minimum absolute atomic E-state index is 0.154. The van der Waals surface area contributed by atoms with Gasteiger partial charge < -0.3 is 15.8 Å². The van der Waals surface area contributed by atoms with Crippen LogP contribution in [0.15, 0.2) is 34.6 Å². The largest absolute Gasteiger partial charge is 0.493 e. The lowest BCUT2D eigenvalue weighted by Gasteiger charge is -2.27. The Labute approximate surface area is 140 Å². The Balaban J connectivity index is 1.62. The quantitative estimate of drug-likeness (QED) is 0.668. The molecule has 23 heavy (non-hydrogen) atoms. The van der Waals surface area contributed by atoms with Crippen molar-refractivity contribution < 1.29 is 4.74 Å². The van der Waals surface area contributed by atoms with E-state index in [1.54, 1.807) is 11.3 Å². The number of nitrogens with one attached hydrogen (secondary N) is 1. The average molecular weight is 330 g/mol. The molecule has 0 fully saturated rings. The molecule has 5 nitrogen and oxygen atoms in total. The smallest absolute Gasteiger partial charge is 0.189 e. The van der Waals surface area contributed by atoms with E-state index in [-0.39, 0.29) is 12.0 Å². The second-order valence-electron chi connectivity index (χ2n) is 5.83. The fourth-order valence-electron chi connectivity index (χ4n) is 2.63. The number of nitrogens with zero attached hydrogens (tertiary/aromatic N) is 2. The van der Waals surface area contributed by atoms with Crippen molar-refractivity contribution >= 4 is 17.3 Å². The molecule has 0 amide bonds.